The van der Waals surface area contributed by atoms with Crippen molar-refractivity contribution in [2.75, 3.05) is 13.1 Å². The van der Waals surface area contributed by atoms with E-state index in [1.165, 1.54) is 6.07 Å². The van der Waals surface area contributed by atoms with Crippen molar-refractivity contribution in [1.82, 2.24) is 10.6 Å². The molecule has 2 aromatic rings. The molecule has 148 valence electrons. The lowest BCUT2D eigenvalue weighted by Crippen LogP contribution is -2.43. The molecule has 0 heterocycles. The Hall–Kier alpha value is -1.67. The highest BCUT2D eigenvalue weighted by molar-refractivity contribution is 14.0. The van der Waals surface area contributed by atoms with E-state index in [9.17, 15) is 9.50 Å². The molecule has 0 aliphatic rings. The lowest BCUT2D eigenvalue weighted by molar-refractivity contribution is 0.280. The molecular formula is C21H29FIN3O. The van der Waals surface area contributed by atoms with Crippen molar-refractivity contribution in [3.8, 4) is 0 Å². The largest absolute Gasteiger partial charge is 0.392 e. The van der Waals surface area contributed by atoms with Crippen LogP contribution in [0, 0.1) is 5.82 Å². The molecule has 2 aromatic carbocycles. The van der Waals surface area contributed by atoms with Crippen molar-refractivity contribution in [2.45, 2.75) is 39.3 Å². The van der Waals surface area contributed by atoms with Crippen LogP contribution < -0.4 is 10.6 Å². The van der Waals surface area contributed by atoms with Crippen LogP contribution >= 0.6 is 24.0 Å². The zero-order valence-electron chi connectivity index (χ0n) is 16.1. The molecular weight excluding hydrogens is 456 g/mol. The fourth-order valence-electron chi connectivity index (χ4n) is 2.69. The number of halogens is 2. The number of aliphatic hydroxyl groups is 1. The lowest BCUT2D eigenvalue weighted by Gasteiger charge is -2.27. The average molecular weight is 485 g/mol. The summed E-state index contributed by atoms with van der Waals surface area (Å²) in [7, 11) is 0. The number of rotatable bonds is 7. The molecule has 6 heteroatoms. The molecule has 0 aliphatic carbocycles. The Bertz CT molecular complexity index is 750. The van der Waals surface area contributed by atoms with Crippen molar-refractivity contribution in [3.63, 3.8) is 0 Å². The molecule has 0 aliphatic heterocycles. The smallest absolute Gasteiger partial charge is 0.191 e. The summed E-state index contributed by atoms with van der Waals surface area (Å²) in [5.74, 6) is 0.474. The maximum atomic E-state index is 13.5. The Morgan fingerprint density at radius 1 is 1.07 bits per heavy atom. The minimum absolute atomic E-state index is 0. The molecule has 0 saturated carbocycles. The normalized spacial score (nSPS) is 11.7. The van der Waals surface area contributed by atoms with E-state index in [1.807, 2.05) is 37.3 Å². The van der Waals surface area contributed by atoms with E-state index in [-0.39, 0.29) is 41.8 Å². The van der Waals surface area contributed by atoms with E-state index in [1.54, 1.807) is 12.1 Å². The lowest BCUT2D eigenvalue weighted by atomic mass is 9.84. The molecule has 0 spiro atoms. The topological polar surface area (TPSA) is 56.7 Å². The first-order valence-electron chi connectivity index (χ1n) is 8.92. The zero-order chi connectivity index (χ0) is 19.0. The summed E-state index contributed by atoms with van der Waals surface area (Å²) in [5, 5.41) is 16.0. The Labute approximate surface area is 178 Å². The second-order valence-electron chi connectivity index (χ2n) is 6.87. The van der Waals surface area contributed by atoms with Gasteiger partial charge in [0.05, 0.1) is 13.2 Å². The Morgan fingerprint density at radius 2 is 1.78 bits per heavy atom. The van der Waals surface area contributed by atoms with Gasteiger partial charge in [-0.3, -0.25) is 0 Å². The van der Waals surface area contributed by atoms with E-state index in [0.717, 1.165) is 23.2 Å². The number of aliphatic hydroxyl groups excluding tert-OH is 1. The Kier molecular flexibility index (Phi) is 9.73. The second kappa shape index (κ2) is 11.2. The third-order valence-corrected chi connectivity index (χ3v) is 4.34. The van der Waals surface area contributed by atoms with Crippen LogP contribution in [0.3, 0.4) is 0 Å². The predicted octanol–water partition coefficient (Wildman–Crippen LogP) is 3.97. The van der Waals surface area contributed by atoms with Gasteiger partial charge in [-0.1, -0.05) is 50.2 Å². The molecule has 3 N–H and O–H groups in total. The van der Waals surface area contributed by atoms with Gasteiger partial charge in [-0.25, -0.2) is 9.38 Å². The first-order chi connectivity index (χ1) is 12.5. The van der Waals surface area contributed by atoms with Gasteiger partial charge in [0.15, 0.2) is 5.96 Å². The number of guanidine groups is 1. The van der Waals surface area contributed by atoms with Gasteiger partial charge in [-0.15, -0.1) is 24.0 Å². The minimum Gasteiger partial charge on any atom is -0.392 e. The summed E-state index contributed by atoms with van der Waals surface area (Å²) < 4.78 is 13.5. The number of nitrogens with zero attached hydrogens (tertiary/aromatic N) is 1. The zero-order valence-corrected chi connectivity index (χ0v) is 18.5. The van der Waals surface area contributed by atoms with Gasteiger partial charge in [-0.05, 0) is 35.7 Å². The van der Waals surface area contributed by atoms with Crippen molar-refractivity contribution in [2.24, 2.45) is 4.99 Å². The van der Waals surface area contributed by atoms with Crippen LogP contribution in [0.15, 0.2) is 53.5 Å². The Balaban J connectivity index is 0.00000364. The average Bonchev–Trinajstić information content (AvgIpc) is 2.64. The molecule has 2 rings (SSSR count). The molecule has 0 saturated heterocycles. The summed E-state index contributed by atoms with van der Waals surface area (Å²) in [5.41, 5.74) is 2.57. The number of hydrogen-bond donors (Lipinski definition) is 3. The molecule has 4 nitrogen and oxygen atoms in total. The molecule has 0 amide bonds. The van der Waals surface area contributed by atoms with Gasteiger partial charge >= 0.3 is 0 Å². The number of aliphatic imine (C=N–C) groups is 1. The van der Waals surface area contributed by atoms with Crippen molar-refractivity contribution < 1.29 is 9.50 Å². The second-order valence-corrected chi connectivity index (χ2v) is 6.87. The van der Waals surface area contributed by atoms with Crippen LogP contribution in [-0.4, -0.2) is 24.2 Å². The standard InChI is InChI=1S/C21H28FN3O.HI/c1-4-23-20(24-13-16-8-5-6-9-17(16)14-26)25-15-21(2,3)18-10-7-11-19(22)12-18;/h5-12,26H,4,13-15H2,1-3H3,(H2,23,24,25);1H. The monoisotopic (exact) mass is 485 g/mol. The van der Waals surface area contributed by atoms with Crippen LogP contribution in [0.25, 0.3) is 0 Å². The molecule has 0 aromatic heterocycles. The molecule has 0 bridgehead atoms. The van der Waals surface area contributed by atoms with Crippen LogP contribution in [0.2, 0.25) is 0 Å². The first-order valence-corrected chi connectivity index (χ1v) is 8.92. The third kappa shape index (κ3) is 7.10. The number of hydrogen-bond acceptors (Lipinski definition) is 2. The summed E-state index contributed by atoms with van der Waals surface area (Å²) in [4.78, 5) is 4.62. The SMILES string of the molecule is CCNC(=NCc1ccccc1CO)NCC(C)(C)c1cccc(F)c1.I. The summed E-state index contributed by atoms with van der Waals surface area (Å²) >= 11 is 0. The van der Waals surface area contributed by atoms with Crippen molar-refractivity contribution in [3.05, 3.63) is 71.0 Å². The van der Waals surface area contributed by atoms with Crippen LogP contribution in [0.4, 0.5) is 4.39 Å². The van der Waals surface area contributed by atoms with E-state index < -0.39 is 0 Å². The molecule has 0 radical (unpaired) electrons. The fraction of sp³-hybridized carbons (Fsp3) is 0.381. The Morgan fingerprint density at radius 3 is 2.41 bits per heavy atom. The fourth-order valence-corrected chi connectivity index (χ4v) is 2.69. The molecule has 27 heavy (non-hydrogen) atoms. The maximum absolute atomic E-state index is 13.5. The van der Waals surface area contributed by atoms with Crippen LogP contribution in [0.1, 0.15) is 37.5 Å². The molecule has 0 atom stereocenters. The minimum atomic E-state index is -0.249. The van der Waals surface area contributed by atoms with Gasteiger partial charge in [0, 0.05) is 18.5 Å². The highest BCUT2D eigenvalue weighted by Gasteiger charge is 2.21. The highest BCUT2D eigenvalue weighted by Crippen LogP contribution is 2.22. The first kappa shape index (κ1) is 23.4. The predicted molar refractivity (Wildman–Crippen MR) is 120 cm³/mol. The van der Waals surface area contributed by atoms with E-state index in [0.29, 0.717) is 19.0 Å². The van der Waals surface area contributed by atoms with Gasteiger partial charge < -0.3 is 15.7 Å². The number of nitrogens with one attached hydrogen (secondary N) is 2. The van der Waals surface area contributed by atoms with Gasteiger partial charge in [-0.2, -0.15) is 0 Å². The van der Waals surface area contributed by atoms with E-state index >= 15 is 0 Å². The van der Waals surface area contributed by atoms with Crippen LogP contribution in [0.5, 0.6) is 0 Å². The van der Waals surface area contributed by atoms with Crippen molar-refractivity contribution in [1.29, 1.82) is 0 Å². The number of benzene rings is 2. The van der Waals surface area contributed by atoms with Gasteiger partial charge in [0.25, 0.3) is 0 Å². The van der Waals surface area contributed by atoms with E-state index in [2.05, 4.69) is 29.5 Å². The summed E-state index contributed by atoms with van der Waals surface area (Å²) in [6, 6.07) is 14.4. The quantitative estimate of drug-likeness (QED) is 0.316. The molecule has 0 fully saturated rings. The summed E-state index contributed by atoms with van der Waals surface area (Å²) in [6.07, 6.45) is 0. The van der Waals surface area contributed by atoms with Crippen molar-refractivity contribution >= 4 is 29.9 Å². The van der Waals surface area contributed by atoms with Gasteiger partial charge in [0.2, 0.25) is 0 Å². The maximum Gasteiger partial charge on any atom is 0.191 e. The van der Waals surface area contributed by atoms with Crippen LogP contribution in [-0.2, 0) is 18.6 Å². The highest BCUT2D eigenvalue weighted by atomic mass is 127. The van der Waals surface area contributed by atoms with Gasteiger partial charge in [0.1, 0.15) is 5.82 Å². The third-order valence-electron chi connectivity index (χ3n) is 4.34. The molecule has 0 unspecified atom stereocenters. The van der Waals surface area contributed by atoms with E-state index in [4.69, 9.17) is 0 Å². The summed E-state index contributed by atoms with van der Waals surface area (Å²) in [6.45, 7) is 7.99.